The maximum absolute atomic E-state index is 5.98. The van der Waals surface area contributed by atoms with Crippen LogP contribution in [-0.2, 0) is 6.54 Å². The molecule has 0 aliphatic carbocycles. The topological polar surface area (TPSA) is 3.24 Å². The fraction of sp³-hybridized carbons (Fsp3) is 0.333. The zero-order chi connectivity index (χ0) is 13.9. The molecule has 2 unspecified atom stereocenters. The molecule has 3 rings (SSSR count). The Hall–Kier alpha value is -1.31. The Balaban J connectivity index is 1.69. The Kier molecular flexibility index (Phi) is 4.09. The highest BCUT2D eigenvalue weighted by Gasteiger charge is 2.30. The third kappa shape index (κ3) is 3.05. The van der Waals surface area contributed by atoms with Crippen LogP contribution in [0.5, 0.6) is 0 Å². The van der Waals surface area contributed by atoms with Crippen molar-refractivity contribution in [3.8, 4) is 0 Å². The molecule has 1 saturated heterocycles. The molecule has 0 aromatic heterocycles. The van der Waals surface area contributed by atoms with Crippen LogP contribution in [0.4, 0.5) is 0 Å². The van der Waals surface area contributed by atoms with Crippen LogP contribution < -0.4 is 0 Å². The maximum atomic E-state index is 5.98. The molecular weight excluding hydrogens is 266 g/mol. The summed E-state index contributed by atoms with van der Waals surface area (Å²) in [5, 5.41) is 0.820. The molecule has 2 heteroatoms. The molecule has 104 valence electrons. The summed E-state index contributed by atoms with van der Waals surface area (Å²) in [6.07, 6.45) is 0. The van der Waals surface area contributed by atoms with Crippen molar-refractivity contribution >= 4 is 11.6 Å². The molecule has 0 bridgehead atoms. The fourth-order valence-electron chi connectivity index (χ4n) is 3.18. The van der Waals surface area contributed by atoms with Gasteiger partial charge >= 0.3 is 0 Å². The lowest BCUT2D eigenvalue weighted by Crippen LogP contribution is -2.20. The van der Waals surface area contributed by atoms with E-state index in [2.05, 4.69) is 54.3 Å². The number of nitrogens with zero attached hydrogens (tertiary/aromatic N) is 1. The van der Waals surface area contributed by atoms with E-state index in [4.69, 9.17) is 11.6 Å². The number of halogens is 1. The van der Waals surface area contributed by atoms with Gasteiger partial charge in [0.2, 0.25) is 0 Å². The van der Waals surface area contributed by atoms with Gasteiger partial charge in [0.1, 0.15) is 0 Å². The zero-order valence-corrected chi connectivity index (χ0v) is 12.6. The predicted octanol–water partition coefficient (Wildman–Crippen LogP) is 4.58. The Morgan fingerprint density at radius 2 is 1.70 bits per heavy atom. The van der Waals surface area contributed by atoms with Crippen molar-refractivity contribution in [2.75, 3.05) is 13.1 Å². The Morgan fingerprint density at radius 1 is 1.00 bits per heavy atom. The van der Waals surface area contributed by atoms with E-state index in [1.807, 2.05) is 12.1 Å². The highest BCUT2D eigenvalue weighted by Crippen LogP contribution is 2.33. The summed E-state index contributed by atoms with van der Waals surface area (Å²) in [7, 11) is 0. The maximum Gasteiger partial charge on any atom is 0.0406 e. The highest BCUT2D eigenvalue weighted by atomic mass is 35.5. The van der Waals surface area contributed by atoms with E-state index in [1.165, 1.54) is 17.7 Å². The van der Waals surface area contributed by atoms with Crippen LogP contribution in [0, 0.1) is 5.92 Å². The molecular formula is C18H20ClN. The number of likely N-dealkylation sites (tertiary alicyclic amines) is 1. The Labute approximate surface area is 126 Å². The first-order chi connectivity index (χ1) is 9.72. The van der Waals surface area contributed by atoms with E-state index >= 15 is 0 Å². The van der Waals surface area contributed by atoms with E-state index in [9.17, 15) is 0 Å². The van der Waals surface area contributed by atoms with Gasteiger partial charge in [0.05, 0.1) is 0 Å². The summed E-state index contributed by atoms with van der Waals surface area (Å²) in [4.78, 5) is 2.55. The van der Waals surface area contributed by atoms with Gasteiger partial charge in [0.15, 0.2) is 0 Å². The molecule has 0 amide bonds. The predicted molar refractivity (Wildman–Crippen MR) is 85.1 cm³/mol. The minimum Gasteiger partial charge on any atom is -0.298 e. The average Bonchev–Trinajstić information content (AvgIpc) is 2.81. The standard InChI is InChI=1S/C18H20ClN/c1-14-11-20(12-15-5-3-2-4-6-15)13-18(14)16-7-9-17(19)10-8-16/h2-10,14,18H,11-13H2,1H3. The summed E-state index contributed by atoms with van der Waals surface area (Å²) in [6.45, 7) is 5.71. The molecule has 1 fully saturated rings. The third-order valence-corrected chi connectivity index (χ3v) is 4.49. The summed E-state index contributed by atoms with van der Waals surface area (Å²) in [5.74, 6) is 1.32. The van der Waals surface area contributed by atoms with Crippen molar-refractivity contribution in [1.29, 1.82) is 0 Å². The lowest BCUT2D eigenvalue weighted by atomic mass is 9.90. The van der Waals surface area contributed by atoms with Gasteiger partial charge in [0.25, 0.3) is 0 Å². The van der Waals surface area contributed by atoms with Crippen molar-refractivity contribution in [2.24, 2.45) is 5.92 Å². The second kappa shape index (κ2) is 5.99. The molecule has 1 nitrogen and oxygen atoms in total. The number of hydrogen-bond acceptors (Lipinski definition) is 1. The van der Waals surface area contributed by atoms with Crippen LogP contribution in [0.3, 0.4) is 0 Å². The van der Waals surface area contributed by atoms with Gasteiger partial charge in [-0.15, -0.1) is 0 Å². The molecule has 20 heavy (non-hydrogen) atoms. The van der Waals surface area contributed by atoms with Gasteiger partial charge in [0, 0.05) is 30.6 Å². The molecule has 0 N–H and O–H groups in total. The number of benzene rings is 2. The van der Waals surface area contributed by atoms with Crippen molar-refractivity contribution in [3.05, 3.63) is 70.7 Å². The Bertz CT molecular complexity index is 549. The molecule has 2 aromatic rings. The normalized spacial score (nSPS) is 23.1. The SMILES string of the molecule is CC1CN(Cc2ccccc2)CC1c1ccc(Cl)cc1. The van der Waals surface area contributed by atoms with Crippen LogP contribution >= 0.6 is 11.6 Å². The number of hydrogen-bond donors (Lipinski definition) is 0. The third-order valence-electron chi connectivity index (χ3n) is 4.24. The summed E-state index contributed by atoms with van der Waals surface area (Å²) < 4.78 is 0. The first-order valence-electron chi connectivity index (χ1n) is 7.24. The minimum absolute atomic E-state index is 0.621. The molecule has 2 aromatic carbocycles. The van der Waals surface area contributed by atoms with E-state index in [0.717, 1.165) is 18.1 Å². The Morgan fingerprint density at radius 3 is 2.40 bits per heavy atom. The largest absolute Gasteiger partial charge is 0.298 e. The van der Waals surface area contributed by atoms with Crippen molar-refractivity contribution in [3.63, 3.8) is 0 Å². The molecule has 1 aliphatic rings. The second-order valence-corrected chi connectivity index (χ2v) is 6.25. The smallest absolute Gasteiger partial charge is 0.0406 e. The molecule has 0 saturated carbocycles. The fourth-order valence-corrected chi connectivity index (χ4v) is 3.31. The van der Waals surface area contributed by atoms with Crippen molar-refractivity contribution < 1.29 is 0 Å². The summed E-state index contributed by atoms with van der Waals surface area (Å²) in [6, 6.07) is 19.1. The second-order valence-electron chi connectivity index (χ2n) is 5.82. The lowest BCUT2D eigenvalue weighted by molar-refractivity contribution is 0.319. The van der Waals surface area contributed by atoms with Gasteiger partial charge in [-0.2, -0.15) is 0 Å². The van der Waals surface area contributed by atoms with Gasteiger partial charge in [-0.25, -0.2) is 0 Å². The molecule has 0 radical (unpaired) electrons. The quantitative estimate of drug-likeness (QED) is 0.798. The first-order valence-corrected chi connectivity index (χ1v) is 7.62. The van der Waals surface area contributed by atoms with E-state index in [1.54, 1.807) is 0 Å². The van der Waals surface area contributed by atoms with Crippen LogP contribution in [0.2, 0.25) is 5.02 Å². The molecule has 1 aliphatic heterocycles. The van der Waals surface area contributed by atoms with Gasteiger partial charge in [-0.3, -0.25) is 4.90 Å². The number of rotatable bonds is 3. The molecule has 2 atom stereocenters. The highest BCUT2D eigenvalue weighted by molar-refractivity contribution is 6.30. The average molecular weight is 286 g/mol. The zero-order valence-electron chi connectivity index (χ0n) is 11.8. The van der Waals surface area contributed by atoms with Crippen LogP contribution in [0.25, 0.3) is 0 Å². The monoisotopic (exact) mass is 285 g/mol. The van der Waals surface area contributed by atoms with E-state index in [0.29, 0.717) is 11.8 Å². The van der Waals surface area contributed by atoms with E-state index < -0.39 is 0 Å². The van der Waals surface area contributed by atoms with Crippen molar-refractivity contribution in [2.45, 2.75) is 19.4 Å². The lowest BCUT2D eigenvalue weighted by Gasteiger charge is -2.16. The van der Waals surface area contributed by atoms with Crippen LogP contribution in [-0.4, -0.2) is 18.0 Å². The summed E-state index contributed by atoms with van der Waals surface area (Å²) in [5.41, 5.74) is 2.81. The first kappa shape index (κ1) is 13.7. The molecule has 1 heterocycles. The van der Waals surface area contributed by atoms with Crippen molar-refractivity contribution in [1.82, 2.24) is 4.90 Å². The molecule has 0 spiro atoms. The van der Waals surface area contributed by atoms with Gasteiger partial charge in [-0.1, -0.05) is 61.0 Å². The van der Waals surface area contributed by atoms with E-state index in [-0.39, 0.29) is 0 Å². The van der Waals surface area contributed by atoms with Crippen LogP contribution in [0.1, 0.15) is 24.0 Å². The van der Waals surface area contributed by atoms with Crippen LogP contribution in [0.15, 0.2) is 54.6 Å². The summed E-state index contributed by atoms with van der Waals surface area (Å²) >= 11 is 5.98. The minimum atomic E-state index is 0.621. The van der Waals surface area contributed by atoms with Gasteiger partial charge < -0.3 is 0 Å². The van der Waals surface area contributed by atoms with Gasteiger partial charge in [-0.05, 0) is 29.2 Å².